The monoisotopic (exact) mass is 364 g/mol. The Morgan fingerprint density at radius 2 is 1.15 bits per heavy atom. The first-order valence-corrected chi connectivity index (χ1v) is 11.4. The number of hydrogen-bond acceptors (Lipinski definition) is 2. The summed E-state index contributed by atoms with van der Waals surface area (Å²) in [6.07, 6.45) is 1.70. The van der Waals surface area contributed by atoms with Crippen molar-refractivity contribution in [3.8, 4) is 0 Å². The molecule has 0 unspecified atom stereocenters. The van der Waals surface area contributed by atoms with Gasteiger partial charge in [0.05, 0.1) is 5.04 Å². The fraction of sp³-hybridized carbons (Fsp3) is 0.391. The molecule has 0 radical (unpaired) electrons. The first-order chi connectivity index (χ1) is 12.3. The molecular weight excluding hydrogens is 336 g/mol. The molecule has 3 heteroatoms. The maximum atomic E-state index is 13.4. The van der Waals surface area contributed by atoms with Crippen molar-refractivity contribution >= 4 is 30.0 Å². The third kappa shape index (κ3) is 2.52. The SMILES string of the molecule is CC(C)(C)[Si](c1ccccc1)(c1ccccc1)C1(C)C(=O)CCCC1=O. The Hall–Kier alpha value is -2.00. The zero-order valence-electron chi connectivity index (χ0n) is 16.2. The molecule has 0 bridgehead atoms. The van der Waals surface area contributed by atoms with Gasteiger partial charge in [0, 0.05) is 12.8 Å². The minimum atomic E-state index is -2.80. The lowest BCUT2D eigenvalue weighted by Gasteiger charge is -2.54. The molecule has 2 nitrogen and oxygen atoms in total. The van der Waals surface area contributed by atoms with Crippen LogP contribution in [-0.4, -0.2) is 19.6 Å². The highest BCUT2D eigenvalue weighted by molar-refractivity contribution is 7.10. The van der Waals surface area contributed by atoms with Gasteiger partial charge in [-0.15, -0.1) is 0 Å². The number of hydrogen-bond donors (Lipinski definition) is 0. The fourth-order valence-corrected chi connectivity index (χ4v) is 12.4. The fourth-order valence-electron chi connectivity index (χ4n) is 5.22. The minimum absolute atomic E-state index is 0.128. The van der Waals surface area contributed by atoms with Crippen LogP contribution in [0.1, 0.15) is 47.0 Å². The molecule has 0 N–H and O–H groups in total. The second-order valence-electron chi connectivity index (χ2n) is 8.56. The highest BCUT2D eigenvalue weighted by Gasteiger charge is 2.66. The van der Waals surface area contributed by atoms with Crippen molar-refractivity contribution in [1.29, 1.82) is 0 Å². The Morgan fingerprint density at radius 3 is 1.50 bits per heavy atom. The van der Waals surface area contributed by atoms with Gasteiger partial charge in [0.2, 0.25) is 0 Å². The molecule has 0 saturated heterocycles. The lowest BCUT2D eigenvalue weighted by molar-refractivity contribution is -0.134. The third-order valence-electron chi connectivity index (χ3n) is 6.21. The molecule has 1 saturated carbocycles. The Morgan fingerprint density at radius 1 is 0.769 bits per heavy atom. The van der Waals surface area contributed by atoms with Crippen LogP contribution in [0.2, 0.25) is 10.1 Å². The number of benzene rings is 2. The van der Waals surface area contributed by atoms with Gasteiger partial charge in [0.15, 0.2) is 0 Å². The summed E-state index contributed by atoms with van der Waals surface area (Å²) in [6, 6.07) is 20.7. The largest absolute Gasteiger partial charge is 0.299 e. The van der Waals surface area contributed by atoms with Crippen LogP contribution in [0, 0.1) is 0 Å². The number of Topliss-reactive ketones (excluding diaryl/α,β-unsaturated/α-hetero) is 2. The van der Waals surface area contributed by atoms with Crippen LogP contribution in [0.5, 0.6) is 0 Å². The van der Waals surface area contributed by atoms with Crippen LogP contribution >= 0.6 is 0 Å². The van der Waals surface area contributed by atoms with Crippen LogP contribution in [-0.2, 0) is 9.59 Å². The van der Waals surface area contributed by atoms with E-state index >= 15 is 0 Å². The molecular formula is C23H28O2Si. The second kappa shape index (κ2) is 6.62. The van der Waals surface area contributed by atoms with Crippen LogP contribution in [0.25, 0.3) is 0 Å². The first kappa shape index (κ1) is 18.8. The highest BCUT2D eigenvalue weighted by Crippen LogP contribution is 2.54. The molecule has 2 aromatic rings. The number of ketones is 2. The van der Waals surface area contributed by atoms with Crippen molar-refractivity contribution in [3.63, 3.8) is 0 Å². The Bertz CT molecular complexity index is 748. The van der Waals surface area contributed by atoms with Crippen molar-refractivity contribution in [1.82, 2.24) is 0 Å². The van der Waals surface area contributed by atoms with Gasteiger partial charge in [-0.2, -0.15) is 0 Å². The third-order valence-corrected chi connectivity index (χ3v) is 12.9. The zero-order chi connectivity index (χ0) is 19.0. The van der Waals surface area contributed by atoms with E-state index in [1.807, 2.05) is 43.3 Å². The standard InChI is InChI=1S/C23H28O2Si/c1-22(2,3)26(18-12-7-5-8-13-18,19-14-9-6-10-15-19)23(4)20(24)16-11-17-21(23)25/h5-10,12-15H,11,16-17H2,1-4H3. The maximum Gasteiger partial charge on any atom is 0.144 e. The van der Waals surface area contributed by atoms with E-state index in [4.69, 9.17) is 0 Å². The lowest BCUT2D eigenvalue weighted by atomic mass is 9.87. The summed E-state index contributed by atoms with van der Waals surface area (Å²) in [6.45, 7) is 8.58. The molecule has 0 amide bonds. The normalized spacial score (nSPS) is 18.0. The van der Waals surface area contributed by atoms with Crippen molar-refractivity contribution in [2.24, 2.45) is 0 Å². The predicted octanol–water partition coefficient (Wildman–Crippen LogP) is 4.13. The number of carbonyl (C=O) groups excluding carboxylic acids is 2. The second-order valence-corrected chi connectivity index (χ2v) is 13.7. The van der Waals surface area contributed by atoms with E-state index in [0.717, 1.165) is 0 Å². The Kier molecular flexibility index (Phi) is 4.78. The first-order valence-electron chi connectivity index (χ1n) is 9.44. The van der Waals surface area contributed by atoms with Gasteiger partial charge in [-0.25, -0.2) is 0 Å². The quantitative estimate of drug-likeness (QED) is 0.606. The Balaban J connectivity index is 2.46. The summed E-state index contributed by atoms with van der Waals surface area (Å²) in [4.78, 5) is 26.8. The average molecular weight is 365 g/mol. The highest BCUT2D eigenvalue weighted by atomic mass is 28.3. The molecule has 3 rings (SSSR count). The molecule has 1 aliphatic rings. The Labute approximate surface area is 157 Å². The van der Waals surface area contributed by atoms with Gasteiger partial charge in [-0.1, -0.05) is 91.8 Å². The number of carbonyl (C=O) groups is 2. The molecule has 0 aromatic heterocycles. The lowest BCUT2D eigenvalue weighted by Crippen LogP contribution is -2.74. The summed E-state index contributed by atoms with van der Waals surface area (Å²) in [5.41, 5.74) is 0. The van der Waals surface area contributed by atoms with Crippen LogP contribution < -0.4 is 10.4 Å². The summed E-state index contributed by atoms with van der Waals surface area (Å²) in [5, 5.41) is 1.20. The summed E-state index contributed by atoms with van der Waals surface area (Å²) >= 11 is 0. The molecule has 136 valence electrons. The van der Waals surface area contributed by atoms with Gasteiger partial charge >= 0.3 is 0 Å². The molecule has 1 fully saturated rings. The molecule has 0 aliphatic heterocycles. The van der Waals surface area contributed by atoms with Crippen LogP contribution in [0.15, 0.2) is 60.7 Å². The molecule has 0 atom stereocenters. The van der Waals surface area contributed by atoms with E-state index < -0.39 is 13.1 Å². The maximum absolute atomic E-state index is 13.4. The summed E-state index contributed by atoms with van der Waals surface area (Å²) in [7, 11) is -2.80. The van der Waals surface area contributed by atoms with Crippen LogP contribution in [0.4, 0.5) is 0 Å². The van der Waals surface area contributed by atoms with E-state index in [1.54, 1.807) is 0 Å². The van der Waals surface area contributed by atoms with Crippen molar-refractivity contribution in [3.05, 3.63) is 60.7 Å². The van der Waals surface area contributed by atoms with E-state index in [9.17, 15) is 9.59 Å². The average Bonchev–Trinajstić information content (AvgIpc) is 2.61. The van der Waals surface area contributed by atoms with Gasteiger partial charge in [-0.05, 0) is 18.4 Å². The van der Waals surface area contributed by atoms with E-state index in [1.165, 1.54) is 10.4 Å². The zero-order valence-corrected chi connectivity index (χ0v) is 17.2. The van der Waals surface area contributed by atoms with Gasteiger partial charge in [0.1, 0.15) is 19.6 Å². The van der Waals surface area contributed by atoms with Gasteiger partial charge < -0.3 is 0 Å². The number of rotatable bonds is 3. The molecule has 0 spiro atoms. The summed E-state index contributed by atoms with van der Waals surface area (Å²) < 4.78 is 0. The minimum Gasteiger partial charge on any atom is -0.299 e. The smallest absolute Gasteiger partial charge is 0.144 e. The van der Waals surface area contributed by atoms with E-state index in [-0.39, 0.29) is 16.6 Å². The van der Waals surface area contributed by atoms with Crippen molar-refractivity contribution in [2.75, 3.05) is 0 Å². The van der Waals surface area contributed by atoms with E-state index in [2.05, 4.69) is 45.0 Å². The topological polar surface area (TPSA) is 34.1 Å². The molecule has 1 aliphatic carbocycles. The van der Waals surface area contributed by atoms with Crippen LogP contribution in [0.3, 0.4) is 0 Å². The van der Waals surface area contributed by atoms with Crippen molar-refractivity contribution < 1.29 is 9.59 Å². The summed E-state index contributed by atoms with van der Waals surface area (Å²) in [5.74, 6) is 0.256. The predicted molar refractivity (Wildman–Crippen MR) is 110 cm³/mol. The van der Waals surface area contributed by atoms with E-state index in [0.29, 0.717) is 19.3 Å². The van der Waals surface area contributed by atoms with Gasteiger partial charge in [0.25, 0.3) is 0 Å². The molecule has 26 heavy (non-hydrogen) atoms. The van der Waals surface area contributed by atoms with Crippen molar-refractivity contribution in [2.45, 2.75) is 57.0 Å². The van der Waals surface area contributed by atoms with Gasteiger partial charge in [-0.3, -0.25) is 9.59 Å². The molecule has 0 heterocycles. The molecule has 2 aromatic carbocycles.